The molecule has 1 fully saturated rings. The molecule has 1 saturated heterocycles. The Morgan fingerprint density at radius 1 is 1.21 bits per heavy atom. The van der Waals surface area contributed by atoms with E-state index in [1.165, 1.54) is 9.87 Å². The van der Waals surface area contributed by atoms with Gasteiger partial charge in [0.05, 0.1) is 0 Å². The Balaban J connectivity index is 1.83. The smallest absolute Gasteiger partial charge is 0.248 e. The zero-order valence-corrected chi connectivity index (χ0v) is 15.3. The number of hydrogen-bond acceptors (Lipinski definition) is 5. The molecule has 0 aliphatic carbocycles. The number of aryl methyl sites for hydroxylation is 3. The van der Waals surface area contributed by atoms with Crippen LogP contribution in [-0.4, -0.2) is 43.6 Å². The monoisotopic (exact) mass is 349 g/mol. The van der Waals surface area contributed by atoms with Crippen molar-refractivity contribution < 1.29 is 12.9 Å². The number of anilines is 1. The van der Waals surface area contributed by atoms with Gasteiger partial charge in [0, 0.05) is 31.4 Å². The molecule has 0 N–H and O–H groups in total. The van der Waals surface area contributed by atoms with Crippen LogP contribution in [0.1, 0.15) is 23.9 Å². The Kier molecular flexibility index (Phi) is 4.40. The Labute approximate surface area is 143 Å². The third-order valence-corrected chi connectivity index (χ3v) is 6.60. The van der Waals surface area contributed by atoms with Crippen molar-refractivity contribution in [3.8, 4) is 0 Å². The van der Waals surface area contributed by atoms with Crippen LogP contribution < -0.4 is 4.90 Å². The minimum Gasteiger partial charge on any atom is -0.366 e. The van der Waals surface area contributed by atoms with Gasteiger partial charge in [-0.1, -0.05) is 17.3 Å². The number of piperazine rings is 1. The van der Waals surface area contributed by atoms with Crippen molar-refractivity contribution >= 4 is 15.7 Å². The van der Waals surface area contributed by atoms with Gasteiger partial charge in [0.15, 0.2) is 5.76 Å². The molecule has 0 saturated carbocycles. The lowest BCUT2D eigenvalue weighted by atomic mass is 10.1. The van der Waals surface area contributed by atoms with Crippen LogP contribution in [0.15, 0.2) is 33.7 Å². The van der Waals surface area contributed by atoms with E-state index in [1.54, 1.807) is 13.8 Å². The highest BCUT2D eigenvalue weighted by Gasteiger charge is 2.35. The fourth-order valence-corrected chi connectivity index (χ4v) is 5.11. The van der Waals surface area contributed by atoms with Crippen LogP contribution >= 0.6 is 0 Å². The van der Waals surface area contributed by atoms with Crippen LogP contribution in [0.2, 0.25) is 0 Å². The first-order valence-corrected chi connectivity index (χ1v) is 9.51. The van der Waals surface area contributed by atoms with E-state index in [0.29, 0.717) is 31.1 Å². The topological polar surface area (TPSA) is 66.7 Å². The SMILES string of the molecule is Cc1cccc(N2CCN(S(=O)(=O)c3c(C)noc3C)C[C@H]2C)c1. The predicted octanol–water partition coefficient (Wildman–Crippen LogP) is 2.50. The van der Waals surface area contributed by atoms with Crippen molar-refractivity contribution in [3.63, 3.8) is 0 Å². The largest absolute Gasteiger partial charge is 0.366 e. The fraction of sp³-hybridized carbons (Fsp3) is 0.471. The number of hydrogen-bond donors (Lipinski definition) is 0. The summed E-state index contributed by atoms with van der Waals surface area (Å²) in [5.41, 5.74) is 2.75. The molecule has 1 aromatic carbocycles. The minimum absolute atomic E-state index is 0.0933. The van der Waals surface area contributed by atoms with E-state index < -0.39 is 10.0 Å². The highest BCUT2D eigenvalue weighted by Crippen LogP contribution is 2.27. The second-order valence-corrected chi connectivity index (χ2v) is 8.27. The molecule has 1 aliphatic heterocycles. The van der Waals surface area contributed by atoms with E-state index >= 15 is 0 Å². The Hall–Kier alpha value is -1.86. The average molecular weight is 349 g/mol. The molecule has 0 bridgehead atoms. The molecule has 2 aromatic rings. The minimum atomic E-state index is -3.58. The highest BCUT2D eigenvalue weighted by atomic mass is 32.2. The maximum atomic E-state index is 12.9. The van der Waals surface area contributed by atoms with E-state index in [9.17, 15) is 8.42 Å². The van der Waals surface area contributed by atoms with Crippen molar-refractivity contribution in [2.45, 2.75) is 38.6 Å². The van der Waals surface area contributed by atoms with Gasteiger partial charge in [0.25, 0.3) is 0 Å². The normalized spacial score (nSPS) is 19.7. The molecule has 2 heterocycles. The molecule has 130 valence electrons. The Bertz CT molecular complexity index is 825. The van der Waals surface area contributed by atoms with Crippen molar-refractivity contribution in [3.05, 3.63) is 41.3 Å². The average Bonchev–Trinajstić information content (AvgIpc) is 2.86. The molecule has 1 atom stereocenters. The van der Waals surface area contributed by atoms with Crippen LogP contribution in [0.4, 0.5) is 5.69 Å². The second-order valence-electron chi connectivity index (χ2n) is 6.40. The van der Waals surface area contributed by atoms with Crippen LogP contribution in [0.3, 0.4) is 0 Å². The third-order valence-electron chi connectivity index (χ3n) is 4.49. The van der Waals surface area contributed by atoms with Crippen LogP contribution in [0.25, 0.3) is 0 Å². The molecule has 24 heavy (non-hydrogen) atoms. The summed E-state index contributed by atoms with van der Waals surface area (Å²) < 4.78 is 32.5. The Morgan fingerprint density at radius 3 is 2.54 bits per heavy atom. The number of rotatable bonds is 3. The van der Waals surface area contributed by atoms with Crippen molar-refractivity contribution in [1.82, 2.24) is 9.46 Å². The van der Waals surface area contributed by atoms with E-state index in [1.807, 2.05) is 6.07 Å². The van der Waals surface area contributed by atoms with Gasteiger partial charge >= 0.3 is 0 Å². The van der Waals surface area contributed by atoms with E-state index in [4.69, 9.17) is 4.52 Å². The van der Waals surface area contributed by atoms with E-state index in [0.717, 1.165) is 5.69 Å². The lowest BCUT2D eigenvalue weighted by Gasteiger charge is -2.40. The third kappa shape index (κ3) is 2.93. The van der Waals surface area contributed by atoms with Gasteiger partial charge in [-0.15, -0.1) is 0 Å². The van der Waals surface area contributed by atoms with Gasteiger partial charge in [0.2, 0.25) is 10.0 Å². The second kappa shape index (κ2) is 6.22. The summed E-state index contributed by atoms with van der Waals surface area (Å²) in [5.74, 6) is 0.348. The Morgan fingerprint density at radius 2 is 1.96 bits per heavy atom. The molecule has 3 rings (SSSR count). The molecule has 0 unspecified atom stereocenters. The van der Waals surface area contributed by atoms with Crippen molar-refractivity contribution in [2.75, 3.05) is 24.5 Å². The molecule has 6 nitrogen and oxygen atoms in total. The summed E-state index contributed by atoms with van der Waals surface area (Å²) in [4.78, 5) is 2.46. The highest BCUT2D eigenvalue weighted by molar-refractivity contribution is 7.89. The first-order chi connectivity index (χ1) is 11.3. The van der Waals surface area contributed by atoms with Gasteiger partial charge in [-0.05, 0) is 45.4 Å². The van der Waals surface area contributed by atoms with Gasteiger partial charge in [0.1, 0.15) is 10.6 Å². The molecule has 1 aromatic heterocycles. The zero-order chi connectivity index (χ0) is 17.5. The maximum absolute atomic E-state index is 12.9. The van der Waals surface area contributed by atoms with Crippen LogP contribution in [0, 0.1) is 20.8 Å². The summed E-state index contributed by atoms with van der Waals surface area (Å²) in [6, 6.07) is 8.39. The molecular weight excluding hydrogens is 326 g/mol. The molecular formula is C17H23N3O3S. The van der Waals surface area contributed by atoms with Gasteiger partial charge < -0.3 is 9.42 Å². The van der Waals surface area contributed by atoms with Gasteiger partial charge in [-0.25, -0.2) is 8.42 Å². The molecule has 0 spiro atoms. The van der Waals surface area contributed by atoms with Gasteiger partial charge in [-0.2, -0.15) is 4.31 Å². The summed E-state index contributed by atoms with van der Waals surface area (Å²) in [7, 11) is -3.58. The lowest BCUT2D eigenvalue weighted by molar-refractivity contribution is 0.341. The maximum Gasteiger partial charge on any atom is 0.248 e. The van der Waals surface area contributed by atoms with E-state index in [2.05, 4.69) is 42.1 Å². The van der Waals surface area contributed by atoms with Crippen molar-refractivity contribution in [1.29, 1.82) is 0 Å². The number of aromatic nitrogens is 1. The van der Waals surface area contributed by atoms with Crippen LogP contribution in [0.5, 0.6) is 0 Å². The summed E-state index contributed by atoms with van der Waals surface area (Å²) >= 11 is 0. The zero-order valence-electron chi connectivity index (χ0n) is 14.5. The van der Waals surface area contributed by atoms with Gasteiger partial charge in [-0.3, -0.25) is 0 Å². The predicted molar refractivity (Wildman–Crippen MR) is 92.7 cm³/mol. The first kappa shape index (κ1) is 17.0. The summed E-state index contributed by atoms with van der Waals surface area (Å²) in [6.07, 6.45) is 0. The van der Waals surface area contributed by atoms with Crippen molar-refractivity contribution in [2.24, 2.45) is 0 Å². The molecule has 1 aliphatic rings. The summed E-state index contributed by atoms with van der Waals surface area (Å²) in [6.45, 7) is 8.97. The fourth-order valence-electron chi connectivity index (χ4n) is 3.30. The molecule has 0 radical (unpaired) electrons. The first-order valence-electron chi connectivity index (χ1n) is 8.07. The van der Waals surface area contributed by atoms with E-state index in [-0.39, 0.29) is 10.9 Å². The molecule has 7 heteroatoms. The quantitative estimate of drug-likeness (QED) is 0.852. The summed E-state index contributed by atoms with van der Waals surface area (Å²) in [5, 5.41) is 3.78. The van der Waals surface area contributed by atoms with Crippen LogP contribution in [-0.2, 0) is 10.0 Å². The number of nitrogens with zero attached hydrogens (tertiary/aromatic N) is 3. The molecule has 0 amide bonds. The standard InChI is InChI=1S/C17H23N3O3S/c1-12-6-5-7-16(10-12)20-9-8-19(11-13(20)2)24(21,22)17-14(3)18-23-15(17)4/h5-7,10,13H,8-9,11H2,1-4H3/t13-/m1/s1. The lowest BCUT2D eigenvalue weighted by Crippen LogP contribution is -2.53. The number of sulfonamides is 1. The number of benzene rings is 1.